The van der Waals surface area contributed by atoms with Crippen LogP contribution in [0.2, 0.25) is 0 Å². The van der Waals surface area contributed by atoms with Gasteiger partial charge in [-0.05, 0) is 31.7 Å². The number of carbonyl (C=O) groups is 1. The van der Waals surface area contributed by atoms with Gasteiger partial charge < -0.3 is 4.90 Å². The van der Waals surface area contributed by atoms with Gasteiger partial charge in [-0.3, -0.25) is 4.79 Å². The Morgan fingerprint density at radius 1 is 1.33 bits per heavy atom. The van der Waals surface area contributed by atoms with Gasteiger partial charge in [0.1, 0.15) is 0 Å². The number of carbonyl (C=O) groups excluding carboxylic acids is 1. The van der Waals surface area contributed by atoms with Crippen molar-refractivity contribution in [2.45, 2.75) is 31.7 Å². The summed E-state index contributed by atoms with van der Waals surface area (Å²) in [7, 11) is 0. The van der Waals surface area contributed by atoms with E-state index < -0.39 is 0 Å². The van der Waals surface area contributed by atoms with E-state index in [1.807, 2.05) is 18.2 Å². The number of fused-ring (bicyclic) bond motifs is 1. The Morgan fingerprint density at radius 3 is 2.89 bits per heavy atom. The summed E-state index contributed by atoms with van der Waals surface area (Å²) >= 11 is 0. The molecule has 18 heavy (non-hydrogen) atoms. The Balaban J connectivity index is 1.92. The van der Waals surface area contributed by atoms with Gasteiger partial charge in [-0.15, -0.1) is 0 Å². The SMILES string of the molecule is CC(C)N1C[C@H]2CC23C1=CC(=O)c1ccccc13. The summed E-state index contributed by atoms with van der Waals surface area (Å²) in [5.74, 6) is 0.907. The molecule has 1 spiro atoms. The van der Waals surface area contributed by atoms with Crippen molar-refractivity contribution >= 4 is 5.78 Å². The van der Waals surface area contributed by atoms with Gasteiger partial charge in [0.25, 0.3) is 0 Å². The molecule has 1 saturated carbocycles. The zero-order valence-corrected chi connectivity index (χ0v) is 10.8. The average molecular weight is 239 g/mol. The standard InChI is InChI=1S/C16H17NO/c1-10(2)17-9-11-8-16(11)13-6-4-3-5-12(13)14(18)7-15(16)17/h3-7,10-11H,8-9H2,1-2H3/t11-,16?/m1/s1. The summed E-state index contributed by atoms with van der Waals surface area (Å²) in [4.78, 5) is 14.7. The molecule has 3 aliphatic rings. The first-order chi connectivity index (χ1) is 8.64. The second kappa shape index (κ2) is 3.05. The maximum Gasteiger partial charge on any atom is 0.187 e. The van der Waals surface area contributed by atoms with Crippen LogP contribution in [0.3, 0.4) is 0 Å². The van der Waals surface area contributed by atoms with E-state index in [1.54, 1.807) is 0 Å². The lowest BCUT2D eigenvalue weighted by Gasteiger charge is -2.33. The van der Waals surface area contributed by atoms with Crippen LogP contribution in [0.4, 0.5) is 0 Å². The maximum atomic E-state index is 12.3. The fraction of sp³-hybridized carbons (Fsp3) is 0.438. The minimum atomic E-state index is 0.185. The zero-order chi connectivity index (χ0) is 12.5. The molecule has 2 heteroatoms. The number of allylic oxidation sites excluding steroid dienone is 2. The Labute approximate surface area is 107 Å². The van der Waals surface area contributed by atoms with E-state index in [0.29, 0.717) is 6.04 Å². The van der Waals surface area contributed by atoms with Crippen LogP contribution >= 0.6 is 0 Å². The molecule has 2 fully saturated rings. The molecule has 1 aromatic rings. The maximum absolute atomic E-state index is 12.3. The predicted molar refractivity (Wildman–Crippen MR) is 70.5 cm³/mol. The third kappa shape index (κ3) is 1.02. The summed E-state index contributed by atoms with van der Waals surface area (Å²) < 4.78 is 0. The molecule has 2 aliphatic carbocycles. The van der Waals surface area contributed by atoms with Crippen LogP contribution < -0.4 is 0 Å². The molecule has 2 nitrogen and oxygen atoms in total. The Hall–Kier alpha value is -1.57. The summed E-state index contributed by atoms with van der Waals surface area (Å²) in [6.45, 7) is 5.54. The summed E-state index contributed by atoms with van der Waals surface area (Å²) in [6.07, 6.45) is 3.13. The molecule has 4 rings (SSSR count). The van der Waals surface area contributed by atoms with E-state index in [4.69, 9.17) is 0 Å². The van der Waals surface area contributed by atoms with Crippen molar-refractivity contribution < 1.29 is 4.79 Å². The van der Waals surface area contributed by atoms with E-state index in [0.717, 1.165) is 18.0 Å². The summed E-state index contributed by atoms with van der Waals surface area (Å²) in [6, 6.07) is 8.66. The van der Waals surface area contributed by atoms with Crippen molar-refractivity contribution in [1.29, 1.82) is 0 Å². The molecule has 0 radical (unpaired) electrons. The highest BCUT2D eigenvalue weighted by molar-refractivity contribution is 6.08. The highest BCUT2D eigenvalue weighted by atomic mass is 16.1. The minimum absolute atomic E-state index is 0.185. The lowest BCUT2D eigenvalue weighted by Crippen LogP contribution is -2.33. The molecule has 1 heterocycles. The summed E-state index contributed by atoms with van der Waals surface area (Å²) in [5, 5.41) is 0. The number of ketones is 1. The minimum Gasteiger partial charge on any atom is -0.371 e. The first kappa shape index (κ1) is 10.4. The number of benzene rings is 1. The smallest absolute Gasteiger partial charge is 0.187 e. The quantitative estimate of drug-likeness (QED) is 0.751. The van der Waals surface area contributed by atoms with Crippen LogP contribution in [-0.2, 0) is 5.41 Å². The van der Waals surface area contributed by atoms with Gasteiger partial charge in [-0.25, -0.2) is 0 Å². The molecular formula is C16H17NO. The van der Waals surface area contributed by atoms with Crippen molar-refractivity contribution in [3.63, 3.8) is 0 Å². The Morgan fingerprint density at radius 2 is 2.11 bits per heavy atom. The van der Waals surface area contributed by atoms with Crippen LogP contribution in [0.15, 0.2) is 36.0 Å². The van der Waals surface area contributed by atoms with Crippen molar-refractivity contribution in [2.24, 2.45) is 5.92 Å². The van der Waals surface area contributed by atoms with E-state index >= 15 is 0 Å². The number of nitrogens with zero attached hydrogens (tertiary/aromatic N) is 1. The lowest BCUT2D eigenvalue weighted by atomic mass is 9.81. The highest BCUT2D eigenvalue weighted by Crippen LogP contribution is 2.66. The van der Waals surface area contributed by atoms with Gasteiger partial charge in [0.05, 0.1) is 0 Å². The summed E-state index contributed by atoms with van der Waals surface area (Å²) in [5.41, 5.74) is 3.68. The third-order valence-corrected chi connectivity index (χ3v) is 4.85. The van der Waals surface area contributed by atoms with Crippen molar-refractivity contribution in [1.82, 2.24) is 4.90 Å². The fourth-order valence-corrected chi connectivity index (χ4v) is 3.91. The normalized spacial score (nSPS) is 31.9. The molecule has 0 N–H and O–H groups in total. The number of rotatable bonds is 1. The van der Waals surface area contributed by atoms with E-state index in [-0.39, 0.29) is 11.2 Å². The fourth-order valence-electron chi connectivity index (χ4n) is 3.91. The van der Waals surface area contributed by atoms with Gasteiger partial charge in [0.2, 0.25) is 0 Å². The van der Waals surface area contributed by atoms with Crippen LogP contribution in [0.1, 0.15) is 36.2 Å². The molecule has 0 aromatic heterocycles. The van der Waals surface area contributed by atoms with Gasteiger partial charge in [0, 0.05) is 35.3 Å². The van der Waals surface area contributed by atoms with Crippen molar-refractivity contribution in [3.05, 3.63) is 47.2 Å². The molecule has 1 unspecified atom stereocenters. The van der Waals surface area contributed by atoms with Crippen LogP contribution in [0, 0.1) is 5.92 Å². The second-order valence-electron chi connectivity index (χ2n) is 6.06. The number of hydrogen-bond acceptors (Lipinski definition) is 2. The monoisotopic (exact) mass is 239 g/mol. The lowest BCUT2D eigenvalue weighted by molar-refractivity contribution is 0.103. The first-order valence-corrected chi connectivity index (χ1v) is 6.77. The van der Waals surface area contributed by atoms with Gasteiger partial charge in [-0.2, -0.15) is 0 Å². The molecular weight excluding hydrogens is 222 g/mol. The molecule has 1 aromatic carbocycles. The van der Waals surface area contributed by atoms with Crippen LogP contribution in [0.5, 0.6) is 0 Å². The van der Waals surface area contributed by atoms with Gasteiger partial charge in [0.15, 0.2) is 5.78 Å². The highest BCUT2D eigenvalue weighted by Gasteiger charge is 2.66. The molecule has 0 bridgehead atoms. The zero-order valence-electron chi connectivity index (χ0n) is 10.8. The number of piperidine rings is 1. The average Bonchev–Trinajstić information content (AvgIpc) is 2.99. The van der Waals surface area contributed by atoms with Crippen molar-refractivity contribution in [2.75, 3.05) is 6.54 Å². The molecule has 1 saturated heterocycles. The van der Waals surface area contributed by atoms with Crippen molar-refractivity contribution in [3.8, 4) is 0 Å². The van der Waals surface area contributed by atoms with E-state index in [1.165, 1.54) is 17.7 Å². The second-order valence-corrected chi connectivity index (χ2v) is 6.06. The van der Waals surface area contributed by atoms with E-state index in [2.05, 4.69) is 30.9 Å². The molecule has 92 valence electrons. The Kier molecular flexibility index (Phi) is 1.76. The number of likely N-dealkylation sites (tertiary alicyclic amines) is 1. The molecule has 2 atom stereocenters. The predicted octanol–water partition coefficient (Wildman–Crippen LogP) is 2.75. The Bertz CT molecular complexity index is 587. The number of hydrogen-bond donors (Lipinski definition) is 0. The molecule has 0 amide bonds. The van der Waals surface area contributed by atoms with Crippen LogP contribution in [0.25, 0.3) is 0 Å². The first-order valence-electron chi connectivity index (χ1n) is 6.77. The van der Waals surface area contributed by atoms with Gasteiger partial charge >= 0.3 is 0 Å². The molecule has 1 aliphatic heterocycles. The van der Waals surface area contributed by atoms with Crippen LogP contribution in [-0.4, -0.2) is 23.3 Å². The van der Waals surface area contributed by atoms with Gasteiger partial charge in [-0.1, -0.05) is 24.3 Å². The third-order valence-electron chi connectivity index (χ3n) is 4.85. The topological polar surface area (TPSA) is 20.3 Å². The largest absolute Gasteiger partial charge is 0.371 e. The van der Waals surface area contributed by atoms with E-state index in [9.17, 15) is 4.79 Å².